The molecule has 0 atom stereocenters. The zero-order valence-electron chi connectivity index (χ0n) is 9.20. The van der Waals surface area contributed by atoms with E-state index < -0.39 is 0 Å². The van der Waals surface area contributed by atoms with Gasteiger partial charge in [0.05, 0.1) is 11.2 Å². The van der Waals surface area contributed by atoms with Crippen molar-refractivity contribution in [1.82, 2.24) is 9.61 Å². The van der Waals surface area contributed by atoms with Gasteiger partial charge < -0.3 is 0 Å². The number of aromatic nitrogens is 2. The summed E-state index contributed by atoms with van der Waals surface area (Å²) < 4.78 is 1.94. The Morgan fingerprint density at radius 1 is 1.21 bits per heavy atom. The van der Waals surface area contributed by atoms with Crippen molar-refractivity contribution in [2.24, 2.45) is 0 Å². The van der Waals surface area contributed by atoms with Gasteiger partial charge in [-0.05, 0) is 30.7 Å². The van der Waals surface area contributed by atoms with Gasteiger partial charge in [-0.2, -0.15) is 5.10 Å². The highest BCUT2D eigenvalue weighted by atomic mass is 15.2. The summed E-state index contributed by atoms with van der Waals surface area (Å²) in [5.74, 6) is 0. The highest BCUT2D eigenvalue weighted by Crippen LogP contribution is 2.22. The fourth-order valence-electron chi connectivity index (χ4n) is 1.47. The normalized spacial score (nSPS) is 12.3. The van der Waals surface area contributed by atoms with Gasteiger partial charge in [-0.3, -0.25) is 0 Å². The molecule has 2 heterocycles. The maximum Gasteiger partial charge on any atom is 0.0688 e. The summed E-state index contributed by atoms with van der Waals surface area (Å²) in [4.78, 5) is 0. The molecule has 0 aliphatic rings. The van der Waals surface area contributed by atoms with Crippen LogP contribution in [-0.2, 0) is 5.41 Å². The molecule has 0 N–H and O–H groups in total. The van der Waals surface area contributed by atoms with Crippen LogP contribution in [0, 0.1) is 6.92 Å². The van der Waals surface area contributed by atoms with Crippen molar-refractivity contribution in [2.75, 3.05) is 0 Å². The zero-order chi connectivity index (χ0) is 10.3. The highest BCUT2D eigenvalue weighted by molar-refractivity contribution is 5.50. The molecule has 0 unspecified atom stereocenters. The van der Waals surface area contributed by atoms with Crippen molar-refractivity contribution in [3.8, 4) is 0 Å². The lowest BCUT2D eigenvalue weighted by molar-refractivity contribution is 0.562. The third-order valence-electron chi connectivity index (χ3n) is 2.39. The molecule has 2 heteroatoms. The Labute approximate surface area is 84.6 Å². The van der Waals surface area contributed by atoms with Crippen LogP contribution in [0.15, 0.2) is 24.4 Å². The van der Waals surface area contributed by atoms with Gasteiger partial charge in [-0.1, -0.05) is 20.8 Å². The maximum atomic E-state index is 4.54. The Kier molecular flexibility index (Phi) is 1.88. The van der Waals surface area contributed by atoms with E-state index in [9.17, 15) is 0 Å². The first-order valence-corrected chi connectivity index (χ1v) is 4.93. The summed E-state index contributed by atoms with van der Waals surface area (Å²) in [6.07, 6.45) is 2.01. The quantitative estimate of drug-likeness (QED) is 0.621. The van der Waals surface area contributed by atoms with E-state index in [1.54, 1.807) is 0 Å². The molecular weight excluding hydrogens is 172 g/mol. The fraction of sp³-hybridized carbons (Fsp3) is 0.417. The minimum Gasteiger partial charge on any atom is -0.241 e. The first kappa shape index (κ1) is 9.25. The van der Waals surface area contributed by atoms with Gasteiger partial charge in [-0.25, -0.2) is 4.52 Å². The van der Waals surface area contributed by atoms with Crippen molar-refractivity contribution in [1.29, 1.82) is 0 Å². The Bertz CT molecular complexity index is 461. The Hall–Kier alpha value is -1.31. The molecule has 2 rings (SSSR count). The van der Waals surface area contributed by atoms with Crippen LogP contribution in [-0.4, -0.2) is 9.61 Å². The molecule has 0 spiro atoms. The second-order valence-corrected chi connectivity index (χ2v) is 4.85. The van der Waals surface area contributed by atoms with Crippen LogP contribution in [0.1, 0.15) is 32.0 Å². The lowest BCUT2D eigenvalue weighted by Crippen LogP contribution is -2.11. The smallest absolute Gasteiger partial charge is 0.0688 e. The Morgan fingerprint density at radius 3 is 2.57 bits per heavy atom. The van der Waals surface area contributed by atoms with E-state index in [0.717, 1.165) is 5.69 Å². The summed E-state index contributed by atoms with van der Waals surface area (Å²) in [6, 6.07) is 6.39. The van der Waals surface area contributed by atoms with Crippen LogP contribution in [0.5, 0.6) is 0 Å². The number of nitrogens with zero attached hydrogens (tertiary/aromatic N) is 2. The van der Waals surface area contributed by atoms with Crippen molar-refractivity contribution in [3.05, 3.63) is 35.7 Å². The van der Waals surface area contributed by atoms with E-state index >= 15 is 0 Å². The van der Waals surface area contributed by atoms with Crippen LogP contribution in [0.4, 0.5) is 0 Å². The van der Waals surface area contributed by atoms with Crippen molar-refractivity contribution in [2.45, 2.75) is 33.1 Å². The molecule has 0 aromatic carbocycles. The molecule has 0 fully saturated rings. The van der Waals surface area contributed by atoms with E-state index in [0.29, 0.717) is 0 Å². The highest BCUT2D eigenvalue weighted by Gasteiger charge is 2.17. The Morgan fingerprint density at radius 2 is 1.93 bits per heavy atom. The minimum atomic E-state index is 0.125. The summed E-state index contributed by atoms with van der Waals surface area (Å²) in [5, 5.41) is 4.54. The second kappa shape index (κ2) is 2.84. The standard InChI is InChI=1S/C12H16N2/c1-9-5-6-14-10(7-9)8-11(13-14)12(2,3)4/h5-8H,1-4H3. The lowest BCUT2D eigenvalue weighted by atomic mass is 9.92. The van der Waals surface area contributed by atoms with Crippen LogP contribution in [0.3, 0.4) is 0 Å². The molecule has 2 aromatic heterocycles. The maximum absolute atomic E-state index is 4.54. The van der Waals surface area contributed by atoms with Crippen molar-refractivity contribution >= 4 is 5.52 Å². The van der Waals surface area contributed by atoms with E-state index in [2.05, 4.69) is 51.0 Å². The molecule has 0 saturated carbocycles. The van der Waals surface area contributed by atoms with Crippen molar-refractivity contribution < 1.29 is 0 Å². The van der Waals surface area contributed by atoms with Gasteiger partial charge >= 0.3 is 0 Å². The predicted octanol–water partition coefficient (Wildman–Crippen LogP) is 2.94. The first-order valence-electron chi connectivity index (χ1n) is 4.93. The molecule has 0 saturated heterocycles. The third-order valence-corrected chi connectivity index (χ3v) is 2.39. The zero-order valence-corrected chi connectivity index (χ0v) is 9.20. The minimum absolute atomic E-state index is 0.125. The van der Waals surface area contributed by atoms with Crippen molar-refractivity contribution in [3.63, 3.8) is 0 Å². The summed E-state index contributed by atoms with van der Waals surface area (Å²) in [5.41, 5.74) is 3.72. The van der Waals surface area contributed by atoms with E-state index in [4.69, 9.17) is 0 Å². The van der Waals surface area contributed by atoms with E-state index in [1.807, 2.05) is 10.7 Å². The summed E-state index contributed by atoms with van der Waals surface area (Å²) >= 11 is 0. The number of hydrogen-bond donors (Lipinski definition) is 0. The second-order valence-electron chi connectivity index (χ2n) is 4.85. The summed E-state index contributed by atoms with van der Waals surface area (Å²) in [6.45, 7) is 8.65. The average molecular weight is 188 g/mol. The van der Waals surface area contributed by atoms with E-state index in [-0.39, 0.29) is 5.41 Å². The topological polar surface area (TPSA) is 17.3 Å². The number of aryl methyl sites for hydroxylation is 1. The number of hydrogen-bond acceptors (Lipinski definition) is 1. The Balaban J connectivity index is 2.63. The molecule has 0 aliphatic carbocycles. The summed E-state index contributed by atoms with van der Waals surface area (Å²) in [7, 11) is 0. The molecule has 14 heavy (non-hydrogen) atoms. The SMILES string of the molecule is Cc1ccn2nc(C(C)(C)C)cc2c1. The van der Waals surface area contributed by atoms with Crippen LogP contribution >= 0.6 is 0 Å². The predicted molar refractivity (Wildman–Crippen MR) is 58.6 cm³/mol. The van der Waals surface area contributed by atoms with Gasteiger partial charge in [-0.15, -0.1) is 0 Å². The molecule has 0 bridgehead atoms. The van der Waals surface area contributed by atoms with Crippen LogP contribution in [0.2, 0.25) is 0 Å². The monoisotopic (exact) mass is 188 g/mol. The molecule has 0 amide bonds. The number of pyridine rings is 1. The van der Waals surface area contributed by atoms with Gasteiger partial charge in [0.1, 0.15) is 0 Å². The fourth-order valence-corrected chi connectivity index (χ4v) is 1.47. The average Bonchev–Trinajstić information content (AvgIpc) is 2.45. The number of fused-ring (bicyclic) bond motifs is 1. The van der Waals surface area contributed by atoms with Gasteiger partial charge in [0, 0.05) is 11.6 Å². The number of rotatable bonds is 0. The van der Waals surface area contributed by atoms with Gasteiger partial charge in [0.25, 0.3) is 0 Å². The molecule has 2 aromatic rings. The van der Waals surface area contributed by atoms with Gasteiger partial charge in [0.15, 0.2) is 0 Å². The largest absolute Gasteiger partial charge is 0.241 e. The van der Waals surface area contributed by atoms with E-state index in [1.165, 1.54) is 11.1 Å². The lowest BCUT2D eigenvalue weighted by Gasteiger charge is -2.13. The van der Waals surface area contributed by atoms with Gasteiger partial charge in [0.2, 0.25) is 0 Å². The first-order chi connectivity index (χ1) is 6.47. The molecule has 2 nitrogen and oxygen atoms in total. The molecule has 0 aliphatic heterocycles. The molecule has 74 valence electrons. The molecule has 0 radical (unpaired) electrons. The third kappa shape index (κ3) is 1.52. The van der Waals surface area contributed by atoms with Crippen LogP contribution < -0.4 is 0 Å². The molecular formula is C12H16N2. The van der Waals surface area contributed by atoms with Crippen LogP contribution in [0.25, 0.3) is 5.52 Å².